The lowest BCUT2D eigenvalue weighted by Gasteiger charge is -2.28. The molecule has 0 aliphatic carbocycles. The van der Waals surface area contributed by atoms with E-state index in [1.807, 2.05) is 42.5 Å². The minimum absolute atomic E-state index is 0.141. The van der Waals surface area contributed by atoms with E-state index in [2.05, 4.69) is 11.4 Å². The first-order chi connectivity index (χ1) is 12.7. The fourth-order valence-electron chi connectivity index (χ4n) is 3.20. The Morgan fingerprint density at radius 2 is 2.08 bits per heavy atom. The van der Waals surface area contributed by atoms with E-state index < -0.39 is 6.10 Å². The van der Waals surface area contributed by atoms with Crippen LogP contribution in [-0.4, -0.2) is 43.5 Å². The fourth-order valence-corrected chi connectivity index (χ4v) is 3.20. The highest BCUT2D eigenvalue weighted by atomic mass is 16.5. The van der Waals surface area contributed by atoms with Crippen LogP contribution in [0.4, 0.5) is 0 Å². The maximum absolute atomic E-state index is 12.7. The van der Waals surface area contributed by atoms with Gasteiger partial charge in [-0.2, -0.15) is 0 Å². The summed E-state index contributed by atoms with van der Waals surface area (Å²) in [6.07, 6.45) is 1.55. The zero-order chi connectivity index (χ0) is 18.4. The maximum Gasteiger partial charge on any atom is 0.251 e. The standard InChI is InChI=1S/C21H25NO4/c1-25-17-7-4-5-15(13-17)9-10-16-6-2-3-8-18(16)21(24)22-19-11-12-26-14-20(19)23/h2-8,13,19-20,23H,9-12,14H2,1H3,(H,22,24)/t19-,20-/m1/s1. The predicted octanol–water partition coefficient (Wildman–Crippen LogP) is 2.36. The Hall–Kier alpha value is -2.37. The molecule has 138 valence electrons. The number of hydrogen-bond acceptors (Lipinski definition) is 4. The Balaban J connectivity index is 1.68. The van der Waals surface area contributed by atoms with Crippen molar-refractivity contribution in [3.63, 3.8) is 0 Å². The molecule has 5 nitrogen and oxygen atoms in total. The third-order valence-electron chi connectivity index (χ3n) is 4.72. The van der Waals surface area contributed by atoms with Crippen molar-refractivity contribution in [2.45, 2.75) is 31.4 Å². The third kappa shape index (κ3) is 4.62. The predicted molar refractivity (Wildman–Crippen MR) is 99.5 cm³/mol. The van der Waals surface area contributed by atoms with Crippen molar-refractivity contribution in [1.82, 2.24) is 5.32 Å². The number of amides is 1. The summed E-state index contributed by atoms with van der Waals surface area (Å²) in [6, 6.07) is 15.3. The van der Waals surface area contributed by atoms with Gasteiger partial charge in [0, 0.05) is 12.2 Å². The van der Waals surface area contributed by atoms with Crippen molar-refractivity contribution >= 4 is 5.91 Å². The second-order valence-corrected chi connectivity index (χ2v) is 6.52. The quantitative estimate of drug-likeness (QED) is 0.835. The molecule has 1 aliphatic heterocycles. The van der Waals surface area contributed by atoms with Gasteiger partial charge in [0.05, 0.1) is 25.9 Å². The van der Waals surface area contributed by atoms with Gasteiger partial charge in [-0.3, -0.25) is 4.79 Å². The van der Waals surface area contributed by atoms with Crippen molar-refractivity contribution < 1.29 is 19.4 Å². The van der Waals surface area contributed by atoms with Crippen LogP contribution >= 0.6 is 0 Å². The molecular weight excluding hydrogens is 330 g/mol. The highest BCUT2D eigenvalue weighted by molar-refractivity contribution is 5.95. The monoisotopic (exact) mass is 355 g/mol. The second-order valence-electron chi connectivity index (χ2n) is 6.52. The molecule has 2 aromatic rings. The lowest BCUT2D eigenvalue weighted by Crippen LogP contribution is -2.48. The topological polar surface area (TPSA) is 67.8 Å². The minimum atomic E-state index is -0.656. The number of ether oxygens (including phenoxy) is 2. The molecular formula is C21H25NO4. The molecule has 5 heteroatoms. The van der Waals surface area contributed by atoms with Gasteiger partial charge >= 0.3 is 0 Å². The van der Waals surface area contributed by atoms with Crippen molar-refractivity contribution in [3.05, 3.63) is 65.2 Å². The number of aryl methyl sites for hydroxylation is 2. The van der Waals surface area contributed by atoms with E-state index in [4.69, 9.17) is 9.47 Å². The average Bonchev–Trinajstić information content (AvgIpc) is 2.68. The summed E-state index contributed by atoms with van der Waals surface area (Å²) in [4.78, 5) is 12.7. The lowest BCUT2D eigenvalue weighted by atomic mass is 9.98. The van der Waals surface area contributed by atoms with Crippen molar-refractivity contribution in [2.24, 2.45) is 0 Å². The van der Waals surface area contributed by atoms with Gasteiger partial charge in [0.1, 0.15) is 5.75 Å². The number of carbonyl (C=O) groups excluding carboxylic acids is 1. The summed E-state index contributed by atoms with van der Waals surface area (Å²) < 4.78 is 10.5. The van der Waals surface area contributed by atoms with Gasteiger partial charge in [-0.25, -0.2) is 0 Å². The summed E-state index contributed by atoms with van der Waals surface area (Å²) in [5.74, 6) is 0.694. The summed E-state index contributed by atoms with van der Waals surface area (Å²) in [6.45, 7) is 0.821. The van der Waals surface area contributed by atoms with E-state index in [0.717, 1.165) is 24.2 Å². The number of methoxy groups -OCH3 is 1. The first kappa shape index (κ1) is 18.4. The molecule has 2 atom stereocenters. The van der Waals surface area contributed by atoms with Crippen LogP contribution in [-0.2, 0) is 17.6 Å². The van der Waals surface area contributed by atoms with Gasteiger partial charge in [0.2, 0.25) is 0 Å². The summed E-state index contributed by atoms with van der Waals surface area (Å²) in [5.41, 5.74) is 2.82. The van der Waals surface area contributed by atoms with E-state index in [-0.39, 0.29) is 18.6 Å². The molecule has 0 bridgehead atoms. The number of nitrogens with one attached hydrogen (secondary N) is 1. The van der Waals surface area contributed by atoms with Crippen molar-refractivity contribution in [3.8, 4) is 5.75 Å². The average molecular weight is 355 g/mol. The van der Waals surface area contributed by atoms with E-state index in [0.29, 0.717) is 18.6 Å². The molecule has 1 amide bonds. The number of hydrogen-bond donors (Lipinski definition) is 2. The lowest BCUT2D eigenvalue weighted by molar-refractivity contribution is -0.0260. The smallest absolute Gasteiger partial charge is 0.251 e. The molecule has 0 radical (unpaired) electrons. The van der Waals surface area contributed by atoms with E-state index >= 15 is 0 Å². The molecule has 0 saturated carbocycles. The van der Waals surface area contributed by atoms with Gasteiger partial charge in [-0.05, 0) is 48.6 Å². The number of aliphatic hydroxyl groups excluding tert-OH is 1. The first-order valence-electron chi connectivity index (χ1n) is 8.95. The van der Waals surface area contributed by atoms with Crippen LogP contribution in [0.15, 0.2) is 48.5 Å². The van der Waals surface area contributed by atoms with Gasteiger partial charge in [-0.15, -0.1) is 0 Å². The third-order valence-corrected chi connectivity index (χ3v) is 4.72. The highest BCUT2D eigenvalue weighted by Gasteiger charge is 2.26. The molecule has 0 spiro atoms. The molecule has 2 aromatic carbocycles. The van der Waals surface area contributed by atoms with Gasteiger partial charge in [-0.1, -0.05) is 30.3 Å². The van der Waals surface area contributed by atoms with Gasteiger partial charge < -0.3 is 19.9 Å². The zero-order valence-corrected chi connectivity index (χ0v) is 15.0. The number of rotatable bonds is 6. The van der Waals surface area contributed by atoms with Crippen LogP contribution < -0.4 is 10.1 Å². The highest BCUT2D eigenvalue weighted by Crippen LogP contribution is 2.17. The summed E-state index contributed by atoms with van der Waals surface area (Å²) >= 11 is 0. The second kappa shape index (κ2) is 8.83. The van der Waals surface area contributed by atoms with Crippen LogP contribution in [0.25, 0.3) is 0 Å². The van der Waals surface area contributed by atoms with Crippen LogP contribution in [0.5, 0.6) is 5.75 Å². The molecule has 3 rings (SSSR count). The molecule has 1 saturated heterocycles. The van der Waals surface area contributed by atoms with E-state index in [1.165, 1.54) is 5.56 Å². The SMILES string of the molecule is COc1cccc(CCc2ccccc2C(=O)N[C@@H]2CCOC[C@H]2O)c1. The molecule has 0 unspecified atom stereocenters. The number of benzene rings is 2. The van der Waals surface area contributed by atoms with Crippen LogP contribution in [0.1, 0.15) is 27.9 Å². The molecule has 2 N–H and O–H groups in total. The summed E-state index contributed by atoms with van der Waals surface area (Å²) in [5, 5.41) is 12.9. The Morgan fingerprint density at radius 1 is 1.23 bits per heavy atom. The molecule has 1 heterocycles. The first-order valence-corrected chi connectivity index (χ1v) is 8.95. The minimum Gasteiger partial charge on any atom is -0.497 e. The molecule has 1 aliphatic rings. The Morgan fingerprint density at radius 3 is 2.88 bits per heavy atom. The van der Waals surface area contributed by atoms with Gasteiger partial charge in [0.25, 0.3) is 5.91 Å². The Bertz CT molecular complexity index is 746. The van der Waals surface area contributed by atoms with E-state index in [9.17, 15) is 9.90 Å². The van der Waals surface area contributed by atoms with E-state index in [1.54, 1.807) is 7.11 Å². The maximum atomic E-state index is 12.7. The fraction of sp³-hybridized carbons (Fsp3) is 0.381. The van der Waals surface area contributed by atoms with Crippen molar-refractivity contribution in [2.75, 3.05) is 20.3 Å². The van der Waals surface area contributed by atoms with Crippen LogP contribution in [0, 0.1) is 0 Å². The molecule has 1 fully saturated rings. The normalized spacial score (nSPS) is 19.8. The summed E-state index contributed by atoms with van der Waals surface area (Å²) in [7, 11) is 1.66. The van der Waals surface area contributed by atoms with Crippen LogP contribution in [0.2, 0.25) is 0 Å². The van der Waals surface area contributed by atoms with Crippen molar-refractivity contribution in [1.29, 1.82) is 0 Å². The van der Waals surface area contributed by atoms with Crippen LogP contribution in [0.3, 0.4) is 0 Å². The Kier molecular flexibility index (Phi) is 6.26. The largest absolute Gasteiger partial charge is 0.497 e. The molecule has 26 heavy (non-hydrogen) atoms. The number of carbonyl (C=O) groups is 1. The molecule has 0 aromatic heterocycles. The zero-order valence-electron chi connectivity index (χ0n) is 15.0. The van der Waals surface area contributed by atoms with Gasteiger partial charge in [0.15, 0.2) is 0 Å². The Labute approximate surface area is 153 Å². The number of aliphatic hydroxyl groups is 1.